The minimum absolute atomic E-state index is 0.0381. The molecule has 1 aromatic rings. The van der Waals surface area contributed by atoms with Crippen molar-refractivity contribution in [2.75, 3.05) is 0 Å². The molecule has 1 aromatic carbocycles. The Labute approximate surface area is 95.7 Å². The van der Waals surface area contributed by atoms with E-state index in [1.807, 2.05) is 19.1 Å². The van der Waals surface area contributed by atoms with Gasteiger partial charge in [-0.3, -0.25) is 0 Å². The number of phenols is 1. The van der Waals surface area contributed by atoms with Gasteiger partial charge in [0.1, 0.15) is 5.75 Å². The van der Waals surface area contributed by atoms with Gasteiger partial charge >= 0.3 is 0 Å². The Bertz CT molecular complexity index is 334. The van der Waals surface area contributed by atoms with Crippen LogP contribution in [0.5, 0.6) is 5.75 Å². The second-order valence-electron chi connectivity index (χ2n) is 4.50. The van der Waals surface area contributed by atoms with Crippen molar-refractivity contribution in [2.45, 2.75) is 44.5 Å². The first kappa shape index (κ1) is 11.4. The number of hydrogen-bond donors (Lipinski definition) is 2. The van der Waals surface area contributed by atoms with E-state index >= 15 is 0 Å². The highest BCUT2D eigenvalue weighted by atomic mass is 16.5. The summed E-state index contributed by atoms with van der Waals surface area (Å²) in [5, 5.41) is 19.2. The van der Waals surface area contributed by atoms with Gasteiger partial charge in [0.2, 0.25) is 0 Å². The Morgan fingerprint density at radius 1 is 1.31 bits per heavy atom. The van der Waals surface area contributed by atoms with Crippen molar-refractivity contribution < 1.29 is 14.9 Å². The van der Waals surface area contributed by atoms with Crippen LogP contribution in [0.1, 0.15) is 25.3 Å². The SMILES string of the molecule is CC1CCC(C(O)Cc2ccc(O)cc2)O1. The first-order chi connectivity index (χ1) is 7.65. The lowest BCUT2D eigenvalue weighted by molar-refractivity contribution is -0.0278. The van der Waals surface area contributed by atoms with Gasteiger partial charge in [0, 0.05) is 6.42 Å². The number of hydrogen-bond acceptors (Lipinski definition) is 3. The molecule has 0 bridgehead atoms. The summed E-state index contributed by atoms with van der Waals surface area (Å²) >= 11 is 0. The van der Waals surface area contributed by atoms with Crippen molar-refractivity contribution >= 4 is 0 Å². The highest BCUT2D eigenvalue weighted by Gasteiger charge is 2.28. The van der Waals surface area contributed by atoms with Gasteiger partial charge in [0.15, 0.2) is 0 Å². The molecule has 1 aliphatic rings. The van der Waals surface area contributed by atoms with Crippen molar-refractivity contribution in [3.63, 3.8) is 0 Å². The molecule has 3 nitrogen and oxygen atoms in total. The minimum atomic E-state index is -0.450. The fourth-order valence-corrected chi connectivity index (χ4v) is 2.12. The zero-order chi connectivity index (χ0) is 11.5. The maximum Gasteiger partial charge on any atom is 0.115 e. The number of aliphatic hydroxyl groups is 1. The molecular weight excluding hydrogens is 204 g/mol. The van der Waals surface area contributed by atoms with E-state index < -0.39 is 6.10 Å². The molecule has 88 valence electrons. The van der Waals surface area contributed by atoms with Gasteiger partial charge < -0.3 is 14.9 Å². The fourth-order valence-electron chi connectivity index (χ4n) is 2.12. The van der Waals surface area contributed by atoms with Crippen LogP contribution in [-0.2, 0) is 11.2 Å². The first-order valence-electron chi connectivity index (χ1n) is 5.76. The van der Waals surface area contributed by atoms with Gasteiger partial charge in [-0.1, -0.05) is 12.1 Å². The molecule has 3 atom stereocenters. The van der Waals surface area contributed by atoms with E-state index in [0.717, 1.165) is 18.4 Å². The summed E-state index contributed by atoms with van der Waals surface area (Å²) in [6.07, 6.45) is 2.31. The summed E-state index contributed by atoms with van der Waals surface area (Å²) in [4.78, 5) is 0. The maximum atomic E-state index is 10.0. The summed E-state index contributed by atoms with van der Waals surface area (Å²) in [6, 6.07) is 6.94. The highest BCUT2D eigenvalue weighted by molar-refractivity contribution is 5.26. The van der Waals surface area contributed by atoms with Gasteiger partial charge in [-0.2, -0.15) is 0 Å². The summed E-state index contributed by atoms with van der Waals surface area (Å²) in [5.74, 6) is 0.254. The summed E-state index contributed by atoms with van der Waals surface area (Å²) in [7, 11) is 0. The third-order valence-electron chi connectivity index (χ3n) is 3.08. The number of aromatic hydroxyl groups is 1. The molecule has 1 fully saturated rings. The van der Waals surface area contributed by atoms with E-state index in [2.05, 4.69) is 0 Å². The van der Waals surface area contributed by atoms with Crippen LogP contribution in [0.25, 0.3) is 0 Å². The zero-order valence-electron chi connectivity index (χ0n) is 9.47. The number of benzene rings is 1. The molecule has 0 spiro atoms. The lowest BCUT2D eigenvalue weighted by atomic mass is 10.0. The number of rotatable bonds is 3. The van der Waals surface area contributed by atoms with Crippen molar-refractivity contribution in [3.05, 3.63) is 29.8 Å². The van der Waals surface area contributed by atoms with Crippen LogP contribution in [0, 0.1) is 0 Å². The van der Waals surface area contributed by atoms with Crippen LogP contribution in [0.15, 0.2) is 24.3 Å². The molecule has 1 heterocycles. The predicted molar refractivity (Wildman–Crippen MR) is 61.4 cm³/mol. The number of ether oxygens (including phenoxy) is 1. The molecule has 0 saturated carbocycles. The monoisotopic (exact) mass is 222 g/mol. The summed E-state index contributed by atoms with van der Waals surface area (Å²) in [5.41, 5.74) is 1.02. The van der Waals surface area contributed by atoms with Crippen molar-refractivity contribution in [3.8, 4) is 5.75 Å². The van der Waals surface area contributed by atoms with E-state index in [0.29, 0.717) is 6.42 Å². The molecular formula is C13H18O3. The van der Waals surface area contributed by atoms with E-state index in [1.54, 1.807) is 12.1 Å². The Morgan fingerprint density at radius 2 is 2.00 bits per heavy atom. The van der Waals surface area contributed by atoms with Gasteiger partial charge in [0.25, 0.3) is 0 Å². The van der Waals surface area contributed by atoms with Crippen LogP contribution in [0.2, 0.25) is 0 Å². The van der Waals surface area contributed by atoms with Gasteiger partial charge in [-0.05, 0) is 37.5 Å². The number of aliphatic hydroxyl groups excluding tert-OH is 1. The van der Waals surface area contributed by atoms with Gasteiger partial charge in [-0.25, -0.2) is 0 Å². The largest absolute Gasteiger partial charge is 0.508 e. The standard InChI is InChI=1S/C13H18O3/c1-9-2-7-13(16-9)12(15)8-10-3-5-11(14)6-4-10/h3-6,9,12-15H,2,7-8H2,1H3. The Hall–Kier alpha value is -1.06. The van der Waals surface area contributed by atoms with E-state index in [1.165, 1.54) is 0 Å². The Morgan fingerprint density at radius 3 is 2.56 bits per heavy atom. The summed E-state index contributed by atoms with van der Waals surface area (Å²) < 4.78 is 5.62. The molecule has 0 amide bonds. The van der Waals surface area contributed by atoms with Crippen LogP contribution >= 0.6 is 0 Å². The topological polar surface area (TPSA) is 49.7 Å². The van der Waals surface area contributed by atoms with E-state index in [9.17, 15) is 5.11 Å². The van der Waals surface area contributed by atoms with Crippen LogP contribution in [0.4, 0.5) is 0 Å². The van der Waals surface area contributed by atoms with E-state index in [-0.39, 0.29) is 18.0 Å². The Balaban J connectivity index is 1.91. The summed E-state index contributed by atoms with van der Waals surface area (Å²) in [6.45, 7) is 2.03. The second kappa shape index (κ2) is 4.85. The van der Waals surface area contributed by atoms with Gasteiger partial charge in [0.05, 0.1) is 18.3 Å². The molecule has 0 aliphatic carbocycles. The second-order valence-corrected chi connectivity index (χ2v) is 4.50. The molecule has 3 heteroatoms. The molecule has 1 aliphatic heterocycles. The molecule has 16 heavy (non-hydrogen) atoms. The zero-order valence-corrected chi connectivity index (χ0v) is 9.47. The quantitative estimate of drug-likeness (QED) is 0.820. The fraction of sp³-hybridized carbons (Fsp3) is 0.538. The van der Waals surface area contributed by atoms with Crippen LogP contribution in [-0.4, -0.2) is 28.5 Å². The molecule has 2 N–H and O–H groups in total. The smallest absolute Gasteiger partial charge is 0.115 e. The maximum absolute atomic E-state index is 10.0. The van der Waals surface area contributed by atoms with E-state index in [4.69, 9.17) is 9.84 Å². The molecule has 0 aromatic heterocycles. The van der Waals surface area contributed by atoms with Gasteiger partial charge in [-0.15, -0.1) is 0 Å². The lowest BCUT2D eigenvalue weighted by Gasteiger charge is -2.18. The van der Waals surface area contributed by atoms with Crippen molar-refractivity contribution in [1.82, 2.24) is 0 Å². The molecule has 0 radical (unpaired) electrons. The molecule has 2 rings (SSSR count). The van der Waals surface area contributed by atoms with Crippen LogP contribution in [0.3, 0.4) is 0 Å². The average Bonchev–Trinajstić information content (AvgIpc) is 2.68. The Kier molecular flexibility index (Phi) is 3.46. The lowest BCUT2D eigenvalue weighted by Crippen LogP contribution is -2.28. The van der Waals surface area contributed by atoms with Crippen molar-refractivity contribution in [2.24, 2.45) is 0 Å². The predicted octanol–water partition coefficient (Wildman–Crippen LogP) is 1.86. The van der Waals surface area contributed by atoms with Crippen molar-refractivity contribution in [1.29, 1.82) is 0 Å². The third-order valence-corrected chi connectivity index (χ3v) is 3.08. The minimum Gasteiger partial charge on any atom is -0.508 e. The third kappa shape index (κ3) is 2.74. The normalized spacial score (nSPS) is 26.9. The first-order valence-corrected chi connectivity index (χ1v) is 5.76. The highest BCUT2D eigenvalue weighted by Crippen LogP contribution is 2.23. The average molecular weight is 222 g/mol. The van der Waals surface area contributed by atoms with Crippen LogP contribution < -0.4 is 0 Å². The molecule has 1 saturated heterocycles. The molecule has 3 unspecified atom stereocenters. The number of phenolic OH excluding ortho intramolecular Hbond substituents is 1.